The number of ether oxygens (including phenoxy) is 2. The number of hydrogen-bond donors (Lipinski definition) is 2. The molecule has 8 heteroatoms. The number of fused-ring (bicyclic) bond motifs is 1. The smallest absolute Gasteiger partial charge is 0.261 e. The van der Waals surface area contributed by atoms with E-state index in [2.05, 4.69) is 10.3 Å². The van der Waals surface area contributed by atoms with E-state index in [0.717, 1.165) is 12.8 Å². The van der Waals surface area contributed by atoms with Gasteiger partial charge in [0.15, 0.2) is 11.5 Å². The predicted octanol–water partition coefficient (Wildman–Crippen LogP) is 1.83. The van der Waals surface area contributed by atoms with Gasteiger partial charge in [0.1, 0.15) is 0 Å². The molecule has 2 rings (SSSR count). The first-order chi connectivity index (χ1) is 13.4. The summed E-state index contributed by atoms with van der Waals surface area (Å²) in [6, 6.07) is 3.31. The third kappa shape index (κ3) is 4.62. The summed E-state index contributed by atoms with van der Waals surface area (Å²) in [5.41, 5.74) is 5.83. The lowest BCUT2D eigenvalue weighted by Crippen LogP contribution is -2.52. The zero-order valence-corrected chi connectivity index (χ0v) is 17.1. The minimum Gasteiger partial charge on any atom is -0.493 e. The van der Waals surface area contributed by atoms with Crippen molar-refractivity contribution in [3.05, 3.63) is 28.8 Å². The SMILES string of the molecule is CCC(CC)(CN)NC(=O)CCCn1cnc2cc(OC)c(OC)cc2c1=O. The lowest BCUT2D eigenvalue weighted by molar-refractivity contribution is -0.123. The maximum absolute atomic E-state index is 12.7. The molecular weight excluding hydrogens is 360 g/mol. The van der Waals surface area contributed by atoms with Gasteiger partial charge in [-0.25, -0.2) is 4.98 Å². The van der Waals surface area contributed by atoms with Crippen LogP contribution in [0.3, 0.4) is 0 Å². The zero-order chi connectivity index (χ0) is 20.7. The largest absolute Gasteiger partial charge is 0.493 e. The number of benzene rings is 1. The first-order valence-electron chi connectivity index (χ1n) is 9.55. The van der Waals surface area contributed by atoms with Crippen molar-refractivity contribution in [2.45, 2.75) is 51.6 Å². The van der Waals surface area contributed by atoms with Crippen molar-refractivity contribution >= 4 is 16.8 Å². The quantitative estimate of drug-likeness (QED) is 0.641. The van der Waals surface area contributed by atoms with Crippen molar-refractivity contribution in [1.29, 1.82) is 0 Å². The summed E-state index contributed by atoms with van der Waals surface area (Å²) in [6.45, 7) is 4.84. The Bertz CT molecular complexity index is 866. The fraction of sp³-hybridized carbons (Fsp3) is 0.550. The van der Waals surface area contributed by atoms with Gasteiger partial charge in [-0.05, 0) is 25.3 Å². The molecule has 0 radical (unpaired) electrons. The van der Waals surface area contributed by atoms with Crippen LogP contribution in [0, 0.1) is 0 Å². The van der Waals surface area contributed by atoms with E-state index in [1.807, 2.05) is 13.8 Å². The van der Waals surface area contributed by atoms with E-state index in [0.29, 0.717) is 48.3 Å². The number of carbonyl (C=O) groups is 1. The number of aromatic nitrogens is 2. The van der Waals surface area contributed by atoms with Gasteiger partial charge >= 0.3 is 0 Å². The molecule has 0 saturated carbocycles. The van der Waals surface area contributed by atoms with E-state index >= 15 is 0 Å². The second kappa shape index (κ2) is 9.54. The molecule has 1 aromatic carbocycles. The summed E-state index contributed by atoms with van der Waals surface area (Å²) in [4.78, 5) is 29.4. The molecule has 8 nitrogen and oxygen atoms in total. The molecule has 0 aliphatic carbocycles. The van der Waals surface area contributed by atoms with Crippen molar-refractivity contribution in [2.75, 3.05) is 20.8 Å². The fourth-order valence-electron chi connectivity index (χ4n) is 3.18. The van der Waals surface area contributed by atoms with Crippen LogP contribution in [0.25, 0.3) is 10.9 Å². The highest BCUT2D eigenvalue weighted by atomic mass is 16.5. The number of nitrogens with one attached hydrogen (secondary N) is 1. The van der Waals surface area contributed by atoms with Crippen molar-refractivity contribution in [3.63, 3.8) is 0 Å². The van der Waals surface area contributed by atoms with Crippen LogP contribution in [-0.4, -0.2) is 41.8 Å². The van der Waals surface area contributed by atoms with Gasteiger partial charge in [0.2, 0.25) is 5.91 Å². The van der Waals surface area contributed by atoms with Crippen LogP contribution in [0.5, 0.6) is 11.5 Å². The Hall–Kier alpha value is -2.61. The molecule has 1 aromatic heterocycles. The molecule has 28 heavy (non-hydrogen) atoms. The fourth-order valence-corrected chi connectivity index (χ4v) is 3.18. The third-order valence-electron chi connectivity index (χ3n) is 5.28. The van der Waals surface area contributed by atoms with Gasteiger partial charge in [-0.15, -0.1) is 0 Å². The number of rotatable bonds is 10. The van der Waals surface area contributed by atoms with E-state index in [9.17, 15) is 9.59 Å². The normalized spacial score (nSPS) is 11.5. The molecule has 0 bridgehead atoms. The highest BCUT2D eigenvalue weighted by Gasteiger charge is 2.25. The van der Waals surface area contributed by atoms with Gasteiger partial charge in [-0.3, -0.25) is 14.2 Å². The first kappa shape index (κ1) is 21.7. The van der Waals surface area contributed by atoms with Crippen LogP contribution in [0.4, 0.5) is 0 Å². The number of nitrogens with zero attached hydrogens (tertiary/aromatic N) is 2. The van der Waals surface area contributed by atoms with Crippen LogP contribution >= 0.6 is 0 Å². The summed E-state index contributed by atoms with van der Waals surface area (Å²) in [5.74, 6) is 0.942. The first-order valence-corrected chi connectivity index (χ1v) is 9.55. The molecule has 0 fully saturated rings. The molecule has 154 valence electrons. The number of aryl methyl sites for hydroxylation is 1. The van der Waals surface area contributed by atoms with Crippen LogP contribution in [0.2, 0.25) is 0 Å². The molecule has 0 unspecified atom stereocenters. The molecule has 0 aliphatic rings. The number of hydrogen-bond acceptors (Lipinski definition) is 6. The van der Waals surface area contributed by atoms with E-state index < -0.39 is 0 Å². The molecule has 1 heterocycles. The second-order valence-corrected chi connectivity index (χ2v) is 6.81. The van der Waals surface area contributed by atoms with Crippen molar-refractivity contribution in [3.8, 4) is 11.5 Å². The van der Waals surface area contributed by atoms with Crippen LogP contribution < -0.4 is 26.1 Å². The van der Waals surface area contributed by atoms with Crippen molar-refractivity contribution < 1.29 is 14.3 Å². The molecule has 1 amide bonds. The monoisotopic (exact) mass is 390 g/mol. The maximum Gasteiger partial charge on any atom is 0.261 e. The number of nitrogens with two attached hydrogens (primary N) is 1. The van der Waals surface area contributed by atoms with Gasteiger partial charge in [-0.2, -0.15) is 0 Å². The summed E-state index contributed by atoms with van der Waals surface area (Å²) in [6.07, 6.45) is 3.91. The highest BCUT2D eigenvalue weighted by molar-refractivity contribution is 5.81. The van der Waals surface area contributed by atoms with E-state index in [1.165, 1.54) is 25.1 Å². The lowest BCUT2D eigenvalue weighted by Gasteiger charge is -2.31. The van der Waals surface area contributed by atoms with E-state index in [-0.39, 0.29) is 17.0 Å². The average Bonchev–Trinajstić information content (AvgIpc) is 2.73. The average molecular weight is 390 g/mol. The summed E-state index contributed by atoms with van der Waals surface area (Å²) in [7, 11) is 3.05. The van der Waals surface area contributed by atoms with Crippen LogP contribution in [-0.2, 0) is 11.3 Å². The highest BCUT2D eigenvalue weighted by Crippen LogP contribution is 2.29. The molecule has 3 N–H and O–H groups in total. The summed E-state index contributed by atoms with van der Waals surface area (Å²) < 4.78 is 12.0. The third-order valence-corrected chi connectivity index (χ3v) is 5.28. The van der Waals surface area contributed by atoms with E-state index in [4.69, 9.17) is 15.2 Å². The zero-order valence-electron chi connectivity index (χ0n) is 17.1. The van der Waals surface area contributed by atoms with E-state index in [1.54, 1.807) is 12.1 Å². The van der Waals surface area contributed by atoms with Crippen molar-refractivity contribution in [1.82, 2.24) is 14.9 Å². The molecular formula is C20H30N4O4. The Kier molecular flexibility index (Phi) is 7.39. The standard InChI is InChI=1S/C20H30N4O4/c1-5-20(6-2,12-21)23-18(25)8-7-9-24-13-22-15-11-17(28-4)16(27-3)10-14(15)19(24)26/h10-11,13H,5-9,12,21H2,1-4H3,(H,23,25). The number of amides is 1. The Morgan fingerprint density at radius 2 is 1.86 bits per heavy atom. The molecule has 2 aromatic rings. The topological polar surface area (TPSA) is 108 Å². The second-order valence-electron chi connectivity index (χ2n) is 6.81. The molecule has 0 aliphatic heterocycles. The number of carbonyl (C=O) groups excluding carboxylic acids is 1. The Morgan fingerprint density at radius 3 is 2.43 bits per heavy atom. The summed E-state index contributed by atoms with van der Waals surface area (Å²) >= 11 is 0. The van der Waals surface area contributed by atoms with Gasteiger partial charge in [0.25, 0.3) is 5.56 Å². The Balaban J connectivity index is 2.10. The number of methoxy groups -OCH3 is 2. The van der Waals surface area contributed by atoms with Crippen LogP contribution in [0.1, 0.15) is 39.5 Å². The molecule has 0 saturated heterocycles. The predicted molar refractivity (Wildman–Crippen MR) is 109 cm³/mol. The van der Waals surface area contributed by atoms with Gasteiger partial charge < -0.3 is 20.5 Å². The van der Waals surface area contributed by atoms with Gasteiger partial charge in [-0.1, -0.05) is 13.8 Å². The Morgan fingerprint density at radius 1 is 1.21 bits per heavy atom. The molecule has 0 atom stereocenters. The maximum atomic E-state index is 12.7. The lowest BCUT2D eigenvalue weighted by atomic mass is 9.92. The van der Waals surface area contributed by atoms with Crippen LogP contribution in [0.15, 0.2) is 23.3 Å². The molecule has 0 spiro atoms. The van der Waals surface area contributed by atoms with Gasteiger partial charge in [0.05, 0.1) is 37.0 Å². The summed E-state index contributed by atoms with van der Waals surface area (Å²) in [5, 5.41) is 3.49. The van der Waals surface area contributed by atoms with Gasteiger partial charge in [0, 0.05) is 25.6 Å². The minimum absolute atomic E-state index is 0.0534. The minimum atomic E-state index is -0.353. The van der Waals surface area contributed by atoms with Crippen molar-refractivity contribution in [2.24, 2.45) is 5.73 Å². The Labute approximate surface area is 165 Å².